The number of aromatic nitrogens is 4. The lowest BCUT2D eigenvalue weighted by molar-refractivity contribution is -0.132. The van der Waals surface area contributed by atoms with Crippen molar-refractivity contribution in [1.82, 2.24) is 30.8 Å². The summed E-state index contributed by atoms with van der Waals surface area (Å²) in [5.41, 5.74) is 1.97. The van der Waals surface area contributed by atoms with Crippen molar-refractivity contribution in [1.29, 1.82) is 0 Å². The maximum Gasteiger partial charge on any atom is 0.275 e. The summed E-state index contributed by atoms with van der Waals surface area (Å²) in [5, 5.41) is 17.2. The SMILES string of the molecule is CC(c1ccc(C(=O)NCc2nn[nH]n2)cc1)N1C(=O)C(c2cc(Cl)cc(Cl)c2)=NC12CCC(C(C)(C)C)CC2. The van der Waals surface area contributed by atoms with Crippen LogP contribution in [0.3, 0.4) is 0 Å². The first kappa shape index (κ1) is 28.2. The molecular weight excluding hydrogens is 549 g/mol. The minimum absolute atomic E-state index is 0.137. The average Bonchev–Trinajstić information content (AvgIpc) is 3.52. The monoisotopic (exact) mass is 581 g/mol. The van der Waals surface area contributed by atoms with Crippen LogP contribution in [0.2, 0.25) is 10.0 Å². The molecule has 0 bridgehead atoms. The van der Waals surface area contributed by atoms with Gasteiger partial charge in [0, 0.05) is 21.2 Å². The van der Waals surface area contributed by atoms with E-state index in [1.165, 1.54) is 0 Å². The fourth-order valence-electron chi connectivity index (χ4n) is 5.91. The van der Waals surface area contributed by atoms with Crippen molar-refractivity contribution >= 4 is 40.7 Å². The standard InChI is InChI=1S/C29H33Cl2N7O2/c1-17(18-5-7-19(8-6-18)26(39)32-16-24-34-36-37-35-24)38-27(40)25(20-13-22(30)15-23(31)14-20)33-29(38)11-9-21(10-12-29)28(2,3)4/h5-8,13-15,17,21H,9-12,16H2,1-4H3,(H,32,39)(H,34,35,36,37). The first-order valence-electron chi connectivity index (χ1n) is 13.5. The molecule has 210 valence electrons. The van der Waals surface area contributed by atoms with Crippen LogP contribution >= 0.6 is 23.2 Å². The van der Waals surface area contributed by atoms with Crippen LogP contribution in [-0.4, -0.2) is 48.7 Å². The Kier molecular flexibility index (Phi) is 7.72. The van der Waals surface area contributed by atoms with Gasteiger partial charge in [-0.05, 0) is 79.8 Å². The molecule has 2 heterocycles. The molecule has 1 fully saturated rings. The smallest absolute Gasteiger partial charge is 0.275 e. The molecule has 9 nitrogen and oxygen atoms in total. The summed E-state index contributed by atoms with van der Waals surface area (Å²) in [4.78, 5) is 33.8. The molecule has 1 atom stereocenters. The van der Waals surface area contributed by atoms with E-state index in [1.807, 2.05) is 24.0 Å². The third-order valence-electron chi connectivity index (χ3n) is 8.18. The van der Waals surface area contributed by atoms with Crippen LogP contribution in [0.5, 0.6) is 0 Å². The zero-order chi connectivity index (χ0) is 28.7. The van der Waals surface area contributed by atoms with Crippen molar-refractivity contribution in [2.45, 2.75) is 71.6 Å². The van der Waals surface area contributed by atoms with E-state index in [0.29, 0.717) is 38.6 Å². The third kappa shape index (κ3) is 5.63. The number of aliphatic imine (C=N–C) groups is 1. The predicted octanol–water partition coefficient (Wildman–Crippen LogP) is 5.76. The van der Waals surface area contributed by atoms with Crippen molar-refractivity contribution in [3.8, 4) is 0 Å². The molecule has 2 N–H and O–H groups in total. The molecule has 11 heteroatoms. The summed E-state index contributed by atoms with van der Waals surface area (Å²) < 4.78 is 0. The molecule has 5 rings (SSSR count). The zero-order valence-electron chi connectivity index (χ0n) is 23.0. The van der Waals surface area contributed by atoms with Crippen molar-refractivity contribution in [3.05, 3.63) is 75.0 Å². The number of halogens is 2. The van der Waals surface area contributed by atoms with E-state index in [0.717, 1.165) is 31.2 Å². The normalized spacial score (nSPS) is 21.9. The number of aromatic amines is 1. The van der Waals surface area contributed by atoms with Gasteiger partial charge in [-0.25, -0.2) is 0 Å². The number of nitrogens with zero attached hydrogens (tertiary/aromatic N) is 5. The summed E-state index contributed by atoms with van der Waals surface area (Å²) in [6, 6.07) is 12.2. The number of amides is 2. The molecule has 2 aliphatic rings. The van der Waals surface area contributed by atoms with Gasteiger partial charge in [0.1, 0.15) is 11.4 Å². The van der Waals surface area contributed by atoms with E-state index < -0.39 is 5.66 Å². The average molecular weight is 583 g/mol. The Labute approximate surface area is 243 Å². The second kappa shape index (κ2) is 10.9. The third-order valence-corrected chi connectivity index (χ3v) is 8.61. The number of H-pyrrole nitrogens is 1. The molecule has 1 unspecified atom stereocenters. The van der Waals surface area contributed by atoms with Crippen LogP contribution < -0.4 is 5.32 Å². The van der Waals surface area contributed by atoms with Gasteiger partial charge in [0.25, 0.3) is 11.8 Å². The highest BCUT2D eigenvalue weighted by Crippen LogP contribution is 2.49. The summed E-state index contributed by atoms with van der Waals surface area (Å²) in [6.45, 7) is 9.01. The lowest BCUT2D eigenvalue weighted by Gasteiger charge is -2.46. The van der Waals surface area contributed by atoms with Crippen molar-refractivity contribution in [3.63, 3.8) is 0 Å². The molecule has 1 saturated carbocycles. The Morgan fingerprint density at radius 3 is 2.35 bits per heavy atom. The number of hydrogen-bond acceptors (Lipinski definition) is 6. The van der Waals surface area contributed by atoms with E-state index in [9.17, 15) is 9.59 Å². The summed E-state index contributed by atoms with van der Waals surface area (Å²) in [7, 11) is 0. The highest BCUT2D eigenvalue weighted by Gasteiger charge is 2.52. The molecule has 40 heavy (non-hydrogen) atoms. The molecule has 1 spiro atoms. The van der Waals surface area contributed by atoms with Crippen molar-refractivity contribution in [2.75, 3.05) is 0 Å². The van der Waals surface area contributed by atoms with Crippen LogP contribution in [0.15, 0.2) is 47.5 Å². The number of hydrogen-bond donors (Lipinski definition) is 2. The molecule has 2 aromatic carbocycles. The van der Waals surface area contributed by atoms with E-state index in [2.05, 4.69) is 46.7 Å². The second-order valence-electron chi connectivity index (χ2n) is 11.7. The number of carbonyl (C=O) groups is 2. The maximum atomic E-state index is 14.1. The second-order valence-corrected chi connectivity index (χ2v) is 12.6. The molecule has 2 amide bonds. The predicted molar refractivity (Wildman–Crippen MR) is 154 cm³/mol. The first-order valence-corrected chi connectivity index (χ1v) is 14.2. The first-order chi connectivity index (χ1) is 19.0. The van der Waals surface area contributed by atoms with Gasteiger partial charge in [-0.3, -0.25) is 14.6 Å². The number of tetrazole rings is 1. The van der Waals surface area contributed by atoms with Crippen LogP contribution in [0, 0.1) is 11.3 Å². The van der Waals surface area contributed by atoms with Gasteiger partial charge in [0.05, 0.1) is 12.6 Å². The zero-order valence-corrected chi connectivity index (χ0v) is 24.6. The van der Waals surface area contributed by atoms with Gasteiger partial charge in [-0.15, -0.1) is 10.2 Å². The molecule has 1 aliphatic carbocycles. The summed E-state index contributed by atoms with van der Waals surface area (Å²) >= 11 is 12.6. The quantitative estimate of drug-likeness (QED) is 0.383. The van der Waals surface area contributed by atoms with Gasteiger partial charge in [0.15, 0.2) is 5.82 Å². The number of rotatable bonds is 6. The highest BCUT2D eigenvalue weighted by atomic mass is 35.5. The van der Waals surface area contributed by atoms with Gasteiger partial charge in [-0.2, -0.15) is 5.21 Å². The summed E-state index contributed by atoms with van der Waals surface area (Å²) in [5.74, 6) is 0.563. The molecule has 0 saturated heterocycles. The van der Waals surface area contributed by atoms with Crippen molar-refractivity contribution < 1.29 is 9.59 Å². The molecule has 1 aromatic heterocycles. The van der Waals surface area contributed by atoms with Crippen LogP contribution in [0.4, 0.5) is 0 Å². The van der Waals surface area contributed by atoms with Gasteiger partial charge in [0.2, 0.25) is 0 Å². The Bertz CT molecular complexity index is 1400. The fraction of sp³-hybridized carbons (Fsp3) is 0.448. The Balaban J connectivity index is 1.41. The molecule has 3 aromatic rings. The highest BCUT2D eigenvalue weighted by molar-refractivity contribution is 6.47. The van der Waals surface area contributed by atoms with Gasteiger partial charge >= 0.3 is 0 Å². The number of nitrogens with one attached hydrogen (secondary N) is 2. The largest absolute Gasteiger partial charge is 0.345 e. The molecule has 0 radical (unpaired) electrons. The maximum absolute atomic E-state index is 14.1. The summed E-state index contributed by atoms with van der Waals surface area (Å²) in [6.07, 6.45) is 3.51. The van der Waals surface area contributed by atoms with Gasteiger partial charge < -0.3 is 10.2 Å². The Morgan fingerprint density at radius 2 is 1.77 bits per heavy atom. The Hall–Kier alpha value is -3.30. The van der Waals surface area contributed by atoms with E-state index in [1.54, 1.807) is 30.3 Å². The molecular formula is C29H33Cl2N7O2. The van der Waals surface area contributed by atoms with E-state index in [-0.39, 0.29) is 29.8 Å². The Morgan fingerprint density at radius 1 is 1.12 bits per heavy atom. The van der Waals surface area contributed by atoms with Crippen molar-refractivity contribution in [2.24, 2.45) is 16.3 Å². The minimum Gasteiger partial charge on any atom is -0.345 e. The van der Waals surface area contributed by atoms with Crippen LogP contribution in [-0.2, 0) is 11.3 Å². The van der Waals surface area contributed by atoms with Crippen LogP contribution in [0.25, 0.3) is 0 Å². The topological polar surface area (TPSA) is 116 Å². The number of benzene rings is 2. The fourth-order valence-corrected chi connectivity index (χ4v) is 6.43. The lowest BCUT2D eigenvalue weighted by Crippen LogP contribution is -2.50. The number of carbonyl (C=O) groups excluding carboxylic acids is 2. The van der Waals surface area contributed by atoms with Crippen LogP contribution in [0.1, 0.15) is 86.7 Å². The van der Waals surface area contributed by atoms with E-state index in [4.69, 9.17) is 28.2 Å². The van der Waals surface area contributed by atoms with Gasteiger partial charge in [-0.1, -0.05) is 61.3 Å². The molecule has 1 aliphatic heterocycles. The lowest BCUT2D eigenvalue weighted by atomic mass is 9.69. The minimum atomic E-state index is -0.650. The van der Waals surface area contributed by atoms with E-state index >= 15 is 0 Å².